The van der Waals surface area contributed by atoms with Gasteiger partial charge in [0, 0.05) is 29.4 Å². The highest BCUT2D eigenvalue weighted by Crippen LogP contribution is 2.27. The Morgan fingerprint density at radius 3 is 2.73 bits per heavy atom. The van der Waals surface area contributed by atoms with Gasteiger partial charge in [-0.3, -0.25) is 9.59 Å². The number of anilines is 3. The van der Waals surface area contributed by atoms with Gasteiger partial charge in [-0.25, -0.2) is 0 Å². The number of hydrogen-bond donors (Lipinski definition) is 2. The fourth-order valence-electron chi connectivity index (χ4n) is 2.83. The number of nitrogens with zero attached hydrogens (tertiary/aromatic N) is 1. The normalized spacial score (nSPS) is 15.0. The molecular formula is C19H19Cl2N3O2. The minimum Gasteiger partial charge on any atom is -0.374 e. The molecule has 7 heteroatoms. The third kappa shape index (κ3) is 4.29. The molecule has 1 saturated heterocycles. The van der Waals surface area contributed by atoms with E-state index in [1.54, 1.807) is 30.0 Å². The Morgan fingerprint density at radius 2 is 2.00 bits per heavy atom. The molecule has 1 aliphatic rings. The van der Waals surface area contributed by atoms with Gasteiger partial charge in [0.15, 0.2) is 0 Å². The molecule has 1 fully saturated rings. The van der Waals surface area contributed by atoms with Crippen molar-refractivity contribution in [1.29, 1.82) is 0 Å². The lowest BCUT2D eigenvalue weighted by Crippen LogP contribution is -2.32. The van der Waals surface area contributed by atoms with Crippen LogP contribution in [0.4, 0.5) is 17.1 Å². The number of hydrogen-bond acceptors (Lipinski definition) is 3. The predicted molar refractivity (Wildman–Crippen MR) is 106 cm³/mol. The minimum absolute atomic E-state index is 0.128. The molecule has 0 aliphatic carbocycles. The molecule has 0 spiro atoms. The average Bonchev–Trinajstić information content (AvgIpc) is 3.04. The van der Waals surface area contributed by atoms with Crippen molar-refractivity contribution in [3.63, 3.8) is 0 Å². The van der Waals surface area contributed by atoms with Crippen LogP contribution in [0.5, 0.6) is 0 Å². The topological polar surface area (TPSA) is 61.4 Å². The molecule has 0 saturated carbocycles. The second-order valence-corrected chi connectivity index (χ2v) is 7.02. The van der Waals surface area contributed by atoms with Gasteiger partial charge in [0.2, 0.25) is 11.8 Å². The third-order valence-corrected chi connectivity index (χ3v) is 4.76. The van der Waals surface area contributed by atoms with E-state index >= 15 is 0 Å². The minimum atomic E-state index is -0.505. The van der Waals surface area contributed by atoms with Crippen LogP contribution in [0.25, 0.3) is 0 Å². The zero-order valence-electron chi connectivity index (χ0n) is 14.3. The van der Waals surface area contributed by atoms with Crippen LogP contribution in [-0.2, 0) is 9.59 Å². The second-order valence-electron chi connectivity index (χ2n) is 6.18. The molecule has 136 valence electrons. The van der Waals surface area contributed by atoms with E-state index in [0.717, 1.165) is 24.3 Å². The summed E-state index contributed by atoms with van der Waals surface area (Å²) in [5, 5.41) is 6.83. The lowest BCUT2D eigenvalue weighted by atomic mass is 10.2. The standard InChI is InChI=1S/C19H19Cl2N3O2/c1-12(19(26)23-17-10-13(20)7-8-16(17)21)22-14-4-2-5-15(11-14)24-9-3-6-18(24)25/h2,4-5,7-8,10-12,22H,3,6,9H2,1H3,(H,23,26). The largest absolute Gasteiger partial charge is 0.374 e. The van der Waals surface area contributed by atoms with E-state index in [1.165, 1.54) is 0 Å². The summed E-state index contributed by atoms with van der Waals surface area (Å²) in [6.07, 6.45) is 1.45. The molecule has 2 amide bonds. The fraction of sp³-hybridized carbons (Fsp3) is 0.263. The van der Waals surface area contributed by atoms with E-state index < -0.39 is 6.04 Å². The summed E-state index contributed by atoms with van der Waals surface area (Å²) in [7, 11) is 0. The summed E-state index contributed by atoms with van der Waals surface area (Å²) < 4.78 is 0. The number of benzene rings is 2. The first-order valence-electron chi connectivity index (χ1n) is 8.37. The highest BCUT2D eigenvalue weighted by molar-refractivity contribution is 6.35. The SMILES string of the molecule is CC(Nc1cccc(N2CCCC2=O)c1)C(=O)Nc1cc(Cl)ccc1Cl. The van der Waals surface area contributed by atoms with E-state index in [9.17, 15) is 9.59 Å². The van der Waals surface area contributed by atoms with Gasteiger partial charge in [0.1, 0.15) is 6.04 Å². The van der Waals surface area contributed by atoms with Crippen LogP contribution in [0.3, 0.4) is 0 Å². The van der Waals surface area contributed by atoms with Gasteiger partial charge >= 0.3 is 0 Å². The van der Waals surface area contributed by atoms with Gasteiger partial charge in [-0.1, -0.05) is 29.3 Å². The smallest absolute Gasteiger partial charge is 0.246 e. The van der Waals surface area contributed by atoms with Crippen molar-refractivity contribution in [3.8, 4) is 0 Å². The zero-order chi connectivity index (χ0) is 18.7. The lowest BCUT2D eigenvalue weighted by Gasteiger charge is -2.19. The Hall–Kier alpha value is -2.24. The second kappa shape index (κ2) is 7.98. The average molecular weight is 392 g/mol. The molecule has 3 rings (SSSR count). The molecule has 2 N–H and O–H groups in total. The van der Waals surface area contributed by atoms with Gasteiger partial charge in [0.25, 0.3) is 0 Å². The molecule has 0 aromatic heterocycles. The van der Waals surface area contributed by atoms with Crippen LogP contribution >= 0.6 is 23.2 Å². The maximum absolute atomic E-state index is 12.4. The number of halogens is 2. The van der Waals surface area contributed by atoms with Gasteiger partial charge in [-0.15, -0.1) is 0 Å². The molecule has 1 atom stereocenters. The van der Waals surface area contributed by atoms with E-state index in [0.29, 0.717) is 22.2 Å². The van der Waals surface area contributed by atoms with Crippen LogP contribution < -0.4 is 15.5 Å². The Kier molecular flexibility index (Phi) is 5.69. The van der Waals surface area contributed by atoms with Crippen LogP contribution in [0.2, 0.25) is 10.0 Å². The van der Waals surface area contributed by atoms with E-state index in [-0.39, 0.29) is 11.8 Å². The van der Waals surface area contributed by atoms with Crippen molar-refractivity contribution in [2.45, 2.75) is 25.8 Å². The first-order valence-corrected chi connectivity index (χ1v) is 9.12. The summed E-state index contributed by atoms with van der Waals surface area (Å²) in [4.78, 5) is 26.1. The van der Waals surface area contributed by atoms with Gasteiger partial charge in [-0.2, -0.15) is 0 Å². The van der Waals surface area contributed by atoms with Crippen LogP contribution in [-0.4, -0.2) is 24.4 Å². The highest BCUT2D eigenvalue weighted by Gasteiger charge is 2.22. The van der Waals surface area contributed by atoms with Crippen LogP contribution in [0, 0.1) is 0 Å². The molecule has 26 heavy (non-hydrogen) atoms. The molecular weight excluding hydrogens is 373 g/mol. The summed E-state index contributed by atoms with van der Waals surface area (Å²) in [6.45, 7) is 2.48. The Morgan fingerprint density at radius 1 is 1.19 bits per heavy atom. The van der Waals surface area contributed by atoms with Crippen molar-refractivity contribution >= 4 is 52.1 Å². The van der Waals surface area contributed by atoms with Gasteiger partial charge < -0.3 is 15.5 Å². The van der Waals surface area contributed by atoms with E-state index in [2.05, 4.69) is 10.6 Å². The van der Waals surface area contributed by atoms with Crippen LogP contribution in [0.1, 0.15) is 19.8 Å². The van der Waals surface area contributed by atoms with E-state index in [1.807, 2.05) is 24.3 Å². The fourth-order valence-corrected chi connectivity index (χ4v) is 3.17. The molecule has 5 nitrogen and oxygen atoms in total. The monoisotopic (exact) mass is 391 g/mol. The van der Waals surface area contributed by atoms with Crippen molar-refractivity contribution in [3.05, 3.63) is 52.5 Å². The third-order valence-electron chi connectivity index (χ3n) is 4.19. The van der Waals surface area contributed by atoms with Crippen LogP contribution in [0.15, 0.2) is 42.5 Å². The molecule has 1 heterocycles. The molecule has 0 radical (unpaired) electrons. The first-order chi connectivity index (χ1) is 12.4. The maximum Gasteiger partial charge on any atom is 0.246 e. The highest BCUT2D eigenvalue weighted by atomic mass is 35.5. The summed E-state index contributed by atoms with van der Waals surface area (Å²) in [6, 6.07) is 11.9. The van der Waals surface area contributed by atoms with Gasteiger partial charge in [-0.05, 0) is 49.7 Å². The van der Waals surface area contributed by atoms with E-state index in [4.69, 9.17) is 23.2 Å². The number of carbonyl (C=O) groups is 2. The van der Waals surface area contributed by atoms with Crippen molar-refractivity contribution < 1.29 is 9.59 Å². The summed E-state index contributed by atoms with van der Waals surface area (Å²) in [5.41, 5.74) is 2.07. The maximum atomic E-state index is 12.4. The predicted octanol–water partition coefficient (Wildman–Crippen LogP) is 4.56. The van der Waals surface area contributed by atoms with Gasteiger partial charge in [0.05, 0.1) is 10.7 Å². The summed E-state index contributed by atoms with van der Waals surface area (Å²) in [5.74, 6) is -0.111. The molecule has 0 bridgehead atoms. The number of amides is 2. The van der Waals surface area contributed by atoms with Crippen molar-refractivity contribution in [2.24, 2.45) is 0 Å². The number of carbonyl (C=O) groups excluding carboxylic acids is 2. The Balaban J connectivity index is 1.67. The Labute approximate surface area is 162 Å². The van der Waals surface area contributed by atoms with Crippen molar-refractivity contribution in [1.82, 2.24) is 0 Å². The summed E-state index contributed by atoms with van der Waals surface area (Å²) >= 11 is 12.0. The lowest BCUT2D eigenvalue weighted by molar-refractivity contribution is -0.117. The van der Waals surface area contributed by atoms with Crippen molar-refractivity contribution in [2.75, 3.05) is 22.1 Å². The zero-order valence-corrected chi connectivity index (χ0v) is 15.8. The molecule has 2 aromatic carbocycles. The molecule has 2 aromatic rings. The first kappa shape index (κ1) is 18.5. The molecule has 1 aliphatic heterocycles. The Bertz CT molecular complexity index is 841. The molecule has 1 unspecified atom stereocenters. The quantitative estimate of drug-likeness (QED) is 0.784. The number of nitrogens with one attached hydrogen (secondary N) is 2. The number of rotatable bonds is 5.